The minimum atomic E-state index is -0.106. The molecule has 0 unspecified atom stereocenters. The van der Waals surface area contributed by atoms with E-state index in [-0.39, 0.29) is 11.9 Å². The van der Waals surface area contributed by atoms with Crippen LogP contribution in [0.2, 0.25) is 5.02 Å². The monoisotopic (exact) mass is 305 g/mol. The molecule has 0 radical (unpaired) electrons. The van der Waals surface area contributed by atoms with E-state index in [1.54, 1.807) is 17.4 Å². The van der Waals surface area contributed by atoms with Crippen LogP contribution in [0.1, 0.15) is 29.0 Å². The summed E-state index contributed by atoms with van der Waals surface area (Å²) in [6.07, 6.45) is 3.42. The summed E-state index contributed by atoms with van der Waals surface area (Å²) in [6.45, 7) is 3.97. The van der Waals surface area contributed by atoms with E-state index in [2.05, 4.69) is 5.32 Å². The fraction of sp³-hybridized carbons (Fsp3) is 0.188. The summed E-state index contributed by atoms with van der Waals surface area (Å²) < 4.78 is 0. The molecule has 1 aromatic carbocycles. The summed E-state index contributed by atoms with van der Waals surface area (Å²) in [7, 11) is 0. The number of carbonyl (C=O) groups is 1. The third-order valence-corrected chi connectivity index (χ3v) is 4.21. The zero-order chi connectivity index (χ0) is 14.5. The molecule has 0 aliphatic carbocycles. The summed E-state index contributed by atoms with van der Waals surface area (Å²) in [5.74, 6) is -0.106. The van der Waals surface area contributed by atoms with Gasteiger partial charge in [-0.2, -0.15) is 0 Å². The molecule has 0 fully saturated rings. The minimum Gasteiger partial charge on any atom is -0.346 e. The van der Waals surface area contributed by atoms with Crippen LogP contribution in [0.15, 0.2) is 41.8 Å². The predicted molar refractivity (Wildman–Crippen MR) is 86.1 cm³/mol. The number of aryl methyl sites for hydroxylation is 1. The van der Waals surface area contributed by atoms with Crippen molar-refractivity contribution >= 4 is 34.9 Å². The van der Waals surface area contributed by atoms with E-state index in [0.717, 1.165) is 10.4 Å². The van der Waals surface area contributed by atoms with Gasteiger partial charge in [-0.05, 0) is 54.6 Å². The molecule has 0 saturated heterocycles. The Labute approximate surface area is 128 Å². The summed E-state index contributed by atoms with van der Waals surface area (Å²) in [4.78, 5) is 13.0. The third-order valence-electron chi connectivity index (χ3n) is 3.00. The molecule has 1 N–H and O–H groups in total. The number of carbonyl (C=O) groups excluding carboxylic acids is 1. The van der Waals surface area contributed by atoms with Gasteiger partial charge in [-0.1, -0.05) is 23.7 Å². The molecule has 1 heterocycles. The smallest absolute Gasteiger partial charge is 0.244 e. The first kappa shape index (κ1) is 14.8. The highest BCUT2D eigenvalue weighted by Gasteiger charge is 2.07. The van der Waals surface area contributed by atoms with Gasteiger partial charge in [0.05, 0.1) is 6.04 Å². The average molecular weight is 306 g/mol. The normalized spacial score (nSPS) is 12.6. The van der Waals surface area contributed by atoms with Crippen LogP contribution in [0.4, 0.5) is 0 Å². The number of hydrogen-bond acceptors (Lipinski definition) is 2. The first-order valence-corrected chi connectivity index (χ1v) is 7.60. The molecule has 0 aliphatic heterocycles. The Morgan fingerprint density at radius 3 is 2.85 bits per heavy atom. The molecule has 20 heavy (non-hydrogen) atoms. The van der Waals surface area contributed by atoms with E-state index in [0.29, 0.717) is 5.02 Å². The molecule has 2 nitrogen and oxygen atoms in total. The van der Waals surface area contributed by atoms with Crippen LogP contribution in [0.25, 0.3) is 6.08 Å². The number of benzene rings is 1. The van der Waals surface area contributed by atoms with E-state index >= 15 is 0 Å². The van der Waals surface area contributed by atoms with Crippen molar-refractivity contribution in [2.75, 3.05) is 0 Å². The summed E-state index contributed by atoms with van der Waals surface area (Å²) in [5.41, 5.74) is 2.17. The maximum Gasteiger partial charge on any atom is 0.244 e. The van der Waals surface area contributed by atoms with Gasteiger partial charge >= 0.3 is 0 Å². The van der Waals surface area contributed by atoms with Crippen LogP contribution in [0.3, 0.4) is 0 Å². The van der Waals surface area contributed by atoms with Crippen molar-refractivity contribution in [3.63, 3.8) is 0 Å². The fourth-order valence-corrected chi connectivity index (χ4v) is 2.85. The van der Waals surface area contributed by atoms with Crippen LogP contribution >= 0.6 is 22.9 Å². The molecule has 1 aromatic heterocycles. The number of rotatable bonds is 4. The Morgan fingerprint density at radius 2 is 2.20 bits per heavy atom. The van der Waals surface area contributed by atoms with Crippen molar-refractivity contribution in [1.82, 2.24) is 5.32 Å². The first-order chi connectivity index (χ1) is 9.56. The van der Waals surface area contributed by atoms with E-state index in [1.807, 2.05) is 55.6 Å². The molecule has 0 bridgehead atoms. The van der Waals surface area contributed by atoms with Crippen molar-refractivity contribution in [3.8, 4) is 0 Å². The second-order valence-electron chi connectivity index (χ2n) is 4.59. The van der Waals surface area contributed by atoms with Gasteiger partial charge in [-0.3, -0.25) is 4.79 Å². The van der Waals surface area contributed by atoms with E-state index < -0.39 is 0 Å². The molecular formula is C16H16ClNOS. The van der Waals surface area contributed by atoms with Crippen molar-refractivity contribution in [2.24, 2.45) is 0 Å². The predicted octanol–water partition coefficient (Wildman–Crippen LogP) is 4.60. The zero-order valence-electron chi connectivity index (χ0n) is 11.4. The molecule has 104 valence electrons. The molecule has 2 rings (SSSR count). The van der Waals surface area contributed by atoms with E-state index in [4.69, 9.17) is 11.6 Å². The largest absolute Gasteiger partial charge is 0.346 e. The van der Waals surface area contributed by atoms with Gasteiger partial charge in [0.1, 0.15) is 0 Å². The lowest BCUT2D eigenvalue weighted by molar-refractivity contribution is -0.117. The quantitative estimate of drug-likeness (QED) is 0.822. The van der Waals surface area contributed by atoms with Crippen molar-refractivity contribution in [1.29, 1.82) is 0 Å². The van der Waals surface area contributed by atoms with Crippen LogP contribution in [-0.4, -0.2) is 5.91 Å². The van der Waals surface area contributed by atoms with Gasteiger partial charge in [0.2, 0.25) is 5.91 Å². The van der Waals surface area contributed by atoms with E-state index in [1.165, 1.54) is 5.56 Å². The van der Waals surface area contributed by atoms with Crippen molar-refractivity contribution in [3.05, 3.63) is 62.8 Å². The molecule has 1 atom stereocenters. The van der Waals surface area contributed by atoms with E-state index in [9.17, 15) is 4.79 Å². The minimum absolute atomic E-state index is 0.0738. The number of halogens is 1. The highest BCUT2D eigenvalue weighted by atomic mass is 35.5. The lowest BCUT2D eigenvalue weighted by Gasteiger charge is -2.13. The Kier molecular flexibility index (Phi) is 4.99. The summed E-state index contributed by atoms with van der Waals surface area (Å²) in [5, 5.41) is 5.62. The Bertz CT molecular complexity index is 633. The maximum absolute atomic E-state index is 11.9. The molecule has 1 amide bonds. The van der Waals surface area contributed by atoms with Crippen molar-refractivity contribution in [2.45, 2.75) is 19.9 Å². The van der Waals surface area contributed by atoms with Gasteiger partial charge in [-0.15, -0.1) is 11.3 Å². The highest BCUT2D eigenvalue weighted by Crippen LogP contribution is 2.18. The van der Waals surface area contributed by atoms with Gasteiger partial charge in [0.15, 0.2) is 0 Å². The van der Waals surface area contributed by atoms with Gasteiger partial charge in [0, 0.05) is 16.0 Å². The molecule has 0 saturated carbocycles. The highest BCUT2D eigenvalue weighted by molar-refractivity contribution is 7.11. The van der Waals surface area contributed by atoms with Crippen LogP contribution in [-0.2, 0) is 4.79 Å². The van der Waals surface area contributed by atoms with Gasteiger partial charge in [0.25, 0.3) is 0 Å². The first-order valence-electron chi connectivity index (χ1n) is 6.34. The summed E-state index contributed by atoms with van der Waals surface area (Å²) in [6, 6.07) is 9.47. The van der Waals surface area contributed by atoms with Crippen LogP contribution in [0, 0.1) is 6.92 Å². The third kappa shape index (κ3) is 3.95. The topological polar surface area (TPSA) is 29.1 Å². The Balaban J connectivity index is 1.98. The van der Waals surface area contributed by atoms with Gasteiger partial charge in [-0.25, -0.2) is 0 Å². The zero-order valence-corrected chi connectivity index (χ0v) is 13.0. The molecular weight excluding hydrogens is 290 g/mol. The molecule has 0 aliphatic rings. The lowest BCUT2D eigenvalue weighted by Crippen LogP contribution is -2.24. The average Bonchev–Trinajstić information content (AvgIpc) is 2.82. The molecule has 0 spiro atoms. The lowest BCUT2D eigenvalue weighted by atomic mass is 10.1. The number of amides is 1. The van der Waals surface area contributed by atoms with Crippen LogP contribution < -0.4 is 5.32 Å². The van der Waals surface area contributed by atoms with Crippen molar-refractivity contribution < 1.29 is 4.79 Å². The summed E-state index contributed by atoms with van der Waals surface area (Å²) >= 11 is 7.57. The van der Waals surface area contributed by atoms with Gasteiger partial charge < -0.3 is 5.32 Å². The Morgan fingerprint density at radius 1 is 1.40 bits per heavy atom. The second kappa shape index (κ2) is 6.73. The second-order valence-corrected chi connectivity index (χ2v) is 5.97. The fourth-order valence-electron chi connectivity index (χ4n) is 1.83. The molecule has 2 aromatic rings. The maximum atomic E-state index is 11.9. The number of nitrogens with one attached hydrogen (secondary N) is 1. The SMILES string of the molecule is Cc1ccsc1/C=C/C(=O)N[C@H](C)c1cccc(Cl)c1. The Hall–Kier alpha value is -1.58. The molecule has 4 heteroatoms. The number of thiophene rings is 1. The van der Waals surface area contributed by atoms with Crippen LogP contribution in [0.5, 0.6) is 0 Å². The standard InChI is InChI=1S/C16H16ClNOS/c1-11-8-9-20-15(11)6-7-16(19)18-12(2)13-4-3-5-14(17)10-13/h3-10,12H,1-2H3,(H,18,19)/b7-6+/t12-/m1/s1. The number of hydrogen-bond donors (Lipinski definition) is 1.